The number of ether oxygens (including phenoxy) is 1. The molecule has 146 valence electrons. The van der Waals surface area contributed by atoms with E-state index in [9.17, 15) is 10.1 Å². The van der Waals surface area contributed by atoms with Gasteiger partial charge in [0.05, 0.1) is 24.3 Å². The summed E-state index contributed by atoms with van der Waals surface area (Å²) < 4.78 is 5.05. The predicted octanol–water partition coefficient (Wildman–Crippen LogP) is 3.82. The van der Waals surface area contributed by atoms with Gasteiger partial charge in [-0.05, 0) is 24.7 Å². The van der Waals surface area contributed by atoms with Gasteiger partial charge >= 0.3 is 5.69 Å². The van der Waals surface area contributed by atoms with Gasteiger partial charge in [0.2, 0.25) is 0 Å². The average molecular weight is 399 g/mol. The van der Waals surface area contributed by atoms with E-state index >= 15 is 0 Å². The normalized spacial score (nSPS) is 11.0. The molecule has 1 N–H and O–H groups in total. The first kappa shape index (κ1) is 19.9. The van der Waals surface area contributed by atoms with E-state index in [0.29, 0.717) is 17.1 Å². The first-order valence-electron chi connectivity index (χ1n) is 8.69. The fraction of sp³-hybridized carbons (Fsp3) is 0.250. The number of nitro benzene ring substituents is 1. The second-order valence-electron chi connectivity index (χ2n) is 6.34. The zero-order valence-corrected chi connectivity index (χ0v) is 16.5. The van der Waals surface area contributed by atoms with Crippen molar-refractivity contribution in [2.24, 2.45) is 0 Å². The van der Waals surface area contributed by atoms with Crippen molar-refractivity contribution in [1.82, 2.24) is 9.88 Å². The summed E-state index contributed by atoms with van der Waals surface area (Å²) in [5.41, 5.74) is 3.58. The summed E-state index contributed by atoms with van der Waals surface area (Å²) in [6.07, 6.45) is 0. The molecule has 0 saturated heterocycles. The standard InChI is InChI=1S/C20H21N3O4S/c1-22(9-10-24)12-14-3-5-15(6-4-14)17-13-28-20(21-17)16-7-8-19(27-2)18(11-16)23(25)26/h3-8,11,13,24H,9-10,12H2,1-2H3. The zero-order valence-electron chi connectivity index (χ0n) is 15.7. The first-order chi connectivity index (χ1) is 13.5. The summed E-state index contributed by atoms with van der Waals surface area (Å²) in [6.45, 7) is 1.53. The van der Waals surface area contributed by atoms with E-state index in [1.54, 1.807) is 12.1 Å². The van der Waals surface area contributed by atoms with E-state index in [2.05, 4.69) is 4.98 Å². The van der Waals surface area contributed by atoms with Crippen molar-refractivity contribution in [3.05, 3.63) is 63.5 Å². The van der Waals surface area contributed by atoms with Gasteiger partial charge in [-0.2, -0.15) is 0 Å². The molecule has 0 aliphatic carbocycles. The number of hydrogen-bond acceptors (Lipinski definition) is 7. The van der Waals surface area contributed by atoms with E-state index in [4.69, 9.17) is 9.84 Å². The van der Waals surface area contributed by atoms with Crippen LogP contribution in [0.4, 0.5) is 5.69 Å². The summed E-state index contributed by atoms with van der Waals surface area (Å²) in [5, 5.41) is 22.9. The lowest BCUT2D eigenvalue weighted by Crippen LogP contribution is -2.21. The van der Waals surface area contributed by atoms with Crippen LogP contribution in [0, 0.1) is 10.1 Å². The van der Waals surface area contributed by atoms with Crippen molar-refractivity contribution in [2.75, 3.05) is 27.3 Å². The highest BCUT2D eigenvalue weighted by Crippen LogP contribution is 2.35. The van der Waals surface area contributed by atoms with E-state index in [-0.39, 0.29) is 18.0 Å². The number of methoxy groups -OCH3 is 1. The minimum atomic E-state index is -0.455. The van der Waals surface area contributed by atoms with Crippen molar-refractivity contribution in [3.8, 4) is 27.6 Å². The van der Waals surface area contributed by atoms with Crippen LogP contribution in [0.25, 0.3) is 21.8 Å². The van der Waals surface area contributed by atoms with Crippen molar-refractivity contribution in [1.29, 1.82) is 0 Å². The highest BCUT2D eigenvalue weighted by atomic mass is 32.1. The van der Waals surface area contributed by atoms with Crippen LogP contribution in [-0.2, 0) is 6.54 Å². The maximum absolute atomic E-state index is 11.2. The molecule has 0 saturated carbocycles. The Labute approximate surface area is 167 Å². The molecule has 3 rings (SSSR count). The van der Waals surface area contributed by atoms with Gasteiger partial charge in [-0.15, -0.1) is 11.3 Å². The fourth-order valence-electron chi connectivity index (χ4n) is 2.85. The van der Waals surface area contributed by atoms with E-state index in [0.717, 1.165) is 23.4 Å². The van der Waals surface area contributed by atoms with Crippen molar-refractivity contribution in [2.45, 2.75) is 6.54 Å². The Hall–Kier alpha value is -2.81. The lowest BCUT2D eigenvalue weighted by Gasteiger charge is -2.15. The second-order valence-corrected chi connectivity index (χ2v) is 7.20. The number of nitrogens with zero attached hydrogens (tertiary/aromatic N) is 3. The van der Waals surface area contributed by atoms with Gasteiger partial charge in [0.25, 0.3) is 0 Å². The maximum Gasteiger partial charge on any atom is 0.311 e. The Morgan fingerprint density at radius 1 is 1.21 bits per heavy atom. The van der Waals surface area contributed by atoms with Crippen LogP contribution in [0.1, 0.15) is 5.56 Å². The van der Waals surface area contributed by atoms with Crippen molar-refractivity contribution in [3.63, 3.8) is 0 Å². The summed E-state index contributed by atoms with van der Waals surface area (Å²) in [7, 11) is 3.37. The SMILES string of the molecule is COc1ccc(-c2nc(-c3ccc(CN(C)CCO)cc3)cs2)cc1[N+](=O)[O-]. The molecule has 1 heterocycles. The van der Waals surface area contributed by atoms with Gasteiger partial charge in [-0.25, -0.2) is 4.98 Å². The van der Waals surface area contributed by atoms with Gasteiger partial charge in [-0.3, -0.25) is 15.0 Å². The number of benzene rings is 2. The van der Waals surface area contributed by atoms with Gasteiger partial charge < -0.3 is 9.84 Å². The van der Waals surface area contributed by atoms with Crippen LogP contribution in [0.2, 0.25) is 0 Å². The molecule has 7 nitrogen and oxygen atoms in total. The van der Waals surface area contributed by atoms with Crippen LogP contribution < -0.4 is 4.74 Å². The molecule has 0 amide bonds. The van der Waals surface area contributed by atoms with E-state index in [1.807, 2.05) is 41.6 Å². The van der Waals surface area contributed by atoms with E-state index < -0.39 is 4.92 Å². The molecule has 0 radical (unpaired) electrons. The predicted molar refractivity (Wildman–Crippen MR) is 110 cm³/mol. The van der Waals surface area contributed by atoms with Crippen LogP contribution in [0.3, 0.4) is 0 Å². The number of hydrogen-bond donors (Lipinski definition) is 1. The molecule has 0 unspecified atom stereocenters. The number of aromatic nitrogens is 1. The Balaban J connectivity index is 1.81. The monoisotopic (exact) mass is 399 g/mol. The number of aliphatic hydroxyl groups is 1. The summed E-state index contributed by atoms with van der Waals surface area (Å²) in [4.78, 5) is 17.5. The highest BCUT2D eigenvalue weighted by Gasteiger charge is 2.17. The molecule has 0 spiro atoms. The maximum atomic E-state index is 11.2. The molecule has 0 fully saturated rings. The Morgan fingerprint density at radius 3 is 2.57 bits per heavy atom. The molecule has 2 aromatic carbocycles. The number of nitro groups is 1. The number of thiazole rings is 1. The number of aliphatic hydroxyl groups excluding tert-OH is 1. The summed E-state index contributed by atoms with van der Waals surface area (Å²) in [5.74, 6) is 0.229. The van der Waals surface area contributed by atoms with Gasteiger partial charge in [0.15, 0.2) is 5.75 Å². The second kappa shape index (κ2) is 8.92. The number of rotatable bonds is 8. The van der Waals surface area contributed by atoms with Crippen molar-refractivity contribution < 1.29 is 14.8 Å². The van der Waals surface area contributed by atoms with Crippen LogP contribution in [0.15, 0.2) is 47.8 Å². The average Bonchev–Trinajstić information content (AvgIpc) is 3.18. The third kappa shape index (κ3) is 4.53. The van der Waals surface area contributed by atoms with Crippen molar-refractivity contribution >= 4 is 17.0 Å². The molecular weight excluding hydrogens is 378 g/mol. The van der Waals surface area contributed by atoms with Crippen LogP contribution >= 0.6 is 11.3 Å². The number of likely N-dealkylation sites (N-methyl/N-ethyl adjacent to an activating group) is 1. The lowest BCUT2D eigenvalue weighted by atomic mass is 10.1. The fourth-order valence-corrected chi connectivity index (χ4v) is 3.67. The molecule has 0 bridgehead atoms. The molecule has 28 heavy (non-hydrogen) atoms. The third-order valence-corrected chi connectivity index (χ3v) is 5.20. The summed E-state index contributed by atoms with van der Waals surface area (Å²) in [6, 6.07) is 13.0. The minimum Gasteiger partial charge on any atom is -0.490 e. The van der Waals surface area contributed by atoms with E-state index in [1.165, 1.54) is 24.5 Å². The summed E-state index contributed by atoms with van der Waals surface area (Å²) >= 11 is 1.44. The first-order valence-corrected chi connectivity index (χ1v) is 9.57. The Morgan fingerprint density at radius 2 is 1.93 bits per heavy atom. The quantitative estimate of drug-likeness (QED) is 0.458. The minimum absolute atomic E-state index is 0.0758. The van der Waals surface area contributed by atoms with Crippen LogP contribution in [0.5, 0.6) is 5.75 Å². The lowest BCUT2D eigenvalue weighted by molar-refractivity contribution is -0.385. The molecule has 1 aromatic heterocycles. The molecule has 0 aliphatic heterocycles. The molecule has 3 aromatic rings. The molecule has 0 atom stereocenters. The molecule has 8 heteroatoms. The topological polar surface area (TPSA) is 88.7 Å². The zero-order chi connectivity index (χ0) is 20.1. The highest BCUT2D eigenvalue weighted by molar-refractivity contribution is 7.13. The molecular formula is C20H21N3O4S. The van der Waals surface area contributed by atoms with Crippen LogP contribution in [-0.4, -0.2) is 47.2 Å². The van der Waals surface area contributed by atoms with Gasteiger partial charge in [-0.1, -0.05) is 24.3 Å². The Bertz CT molecular complexity index is 956. The smallest absolute Gasteiger partial charge is 0.311 e. The Kier molecular flexibility index (Phi) is 6.35. The molecule has 0 aliphatic rings. The van der Waals surface area contributed by atoms with Gasteiger partial charge in [0.1, 0.15) is 5.01 Å². The van der Waals surface area contributed by atoms with Gasteiger partial charge in [0, 0.05) is 35.7 Å². The third-order valence-electron chi connectivity index (χ3n) is 4.31. The largest absolute Gasteiger partial charge is 0.490 e.